The Bertz CT molecular complexity index is 1080. The highest BCUT2D eigenvalue weighted by molar-refractivity contribution is 5.76. The predicted octanol–water partition coefficient (Wildman–Crippen LogP) is 4.22. The lowest BCUT2D eigenvalue weighted by atomic mass is 10.1. The number of benzene rings is 2. The Labute approximate surface area is 205 Å². The van der Waals surface area contributed by atoms with E-state index in [1.165, 1.54) is 12.1 Å². The lowest BCUT2D eigenvalue weighted by molar-refractivity contribution is -0.121. The number of hydrogen-bond donors (Lipinski definition) is 1. The summed E-state index contributed by atoms with van der Waals surface area (Å²) >= 11 is 0. The second kappa shape index (κ2) is 12.5. The molecule has 4 rings (SSSR count). The van der Waals surface area contributed by atoms with E-state index in [2.05, 4.69) is 22.2 Å². The molecule has 0 unspecified atom stereocenters. The van der Waals surface area contributed by atoms with Crippen LogP contribution in [0, 0.1) is 5.82 Å². The Balaban J connectivity index is 1.17. The van der Waals surface area contributed by atoms with Crippen LogP contribution in [0.25, 0.3) is 11.3 Å². The molecule has 1 amide bonds. The third-order valence-electron chi connectivity index (χ3n) is 6.16. The number of amides is 1. The minimum absolute atomic E-state index is 0.0871. The molecule has 2 aromatic carbocycles. The zero-order chi connectivity index (χ0) is 24.5. The van der Waals surface area contributed by atoms with Gasteiger partial charge in [0.1, 0.15) is 18.2 Å². The SMILES string of the molecule is CN(CCOc1cccc(CNC(=O)CCc2ncc(-c3ccc(F)cc3)o2)c1)C1CCOCC1. The standard InChI is InChI=1S/C27H32FN3O4/c1-31(23-11-14-33-15-12-23)13-16-34-24-4-2-3-20(17-24)18-29-26(32)9-10-27-30-19-25(35-27)21-5-7-22(28)8-6-21/h2-8,17,19,23H,9-16,18H2,1H3,(H,29,32). The number of aromatic nitrogens is 1. The Hall–Kier alpha value is -3.23. The normalized spacial score (nSPS) is 14.3. The number of hydrogen-bond acceptors (Lipinski definition) is 6. The van der Waals surface area contributed by atoms with Crippen LogP contribution in [0.2, 0.25) is 0 Å². The molecule has 0 spiro atoms. The molecule has 1 aliphatic rings. The second-order valence-corrected chi connectivity index (χ2v) is 8.72. The summed E-state index contributed by atoms with van der Waals surface area (Å²) in [7, 11) is 2.13. The van der Waals surface area contributed by atoms with E-state index in [0.717, 1.165) is 49.5 Å². The number of carbonyl (C=O) groups is 1. The monoisotopic (exact) mass is 481 g/mol. The van der Waals surface area contributed by atoms with Crippen LogP contribution in [0.3, 0.4) is 0 Å². The fourth-order valence-corrected chi connectivity index (χ4v) is 4.04. The maximum absolute atomic E-state index is 13.1. The zero-order valence-corrected chi connectivity index (χ0v) is 20.0. The quantitative estimate of drug-likeness (QED) is 0.442. The molecule has 0 atom stereocenters. The van der Waals surface area contributed by atoms with Crippen molar-refractivity contribution in [1.29, 1.82) is 0 Å². The van der Waals surface area contributed by atoms with Crippen LogP contribution in [-0.2, 0) is 22.5 Å². The first-order valence-electron chi connectivity index (χ1n) is 12.0. The summed E-state index contributed by atoms with van der Waals surface area (Å²) in [6.07, 6.45) is 4.37. The van der Waals surface area contributed by atoms with Gasteiger partial charge in [-0.25, -0.2) is 9.37 Å². The second-order valence-electron chi connectivity index (χ2n) is 8.72. The molecule has 186 valence electrons. The van der Waals surface area contributed by atoms with Crippen LogP contribution < -0.4 is 10.1 Å². The Kier molecular flexibility index (Phi) is 8.86. The molecular formula is C27H32FN3O4. The molecule has 35 heavy (non-hydrogen) atoms. The molecule has 1 saturated heterocycles. The third-order valence-corrected chi connectivity index (χ3v) is 6.16. The van der Waals surface area contributed by atoms with Gasteiger partial charge in [0, 0.05) is 50.8 Å². The van der Waals surface area contributed by atoms with Gasteiger partial charge in [-0.1, -0.05) is 12.1 Å². The average Bonchev–Trinajstić information content (AvgIpc) is 3.36. The average molecular weight is 482 g/mol. The van der Waals surface area contributed by atoms with Gasteiger partial charge < -0.3 is 19.2 Å². The molecule has 1 N–H and O–H groups in total. The van der Waals surface area contributed by atoms with Crippen molar-refractivity contribution in [2.45, 2.75) is 38.3 Å². The maximum Gasteiger partial charge on any atom is 0.220 e. The number of ether oxygens (including phenoxy) is 2. The van der Waals surface area contributed by atoms with Crippen LogP contribution in [0.5, 0.6) is 5.75 Å². The van der Waals surface area contributed by atoms with Crippen LogP contribution in [0.15, 0.2) is 59.1 Å². The first kappa shape index (κ1) is 24.9. The van der Waals surface area contributed by atoms with Crippen molar-refractivity contribution in [2.24, 2.45) is 0 Å². The van der Waals surface area contributed by atoms with E-state index < -0.39 is 0 Å². The molecule has 8 heteroatoms. The number of halogens is 1. The molecule has 1 aliphatic heterocycles. The van der Waals surface area contributed by atoms with Crippen LogP contribution in [-0.4, -0.2) is 55.2 Å². The van der Waals surface area contributed by atoms with Crippen molar-refractivity contribution in [3.8, 4) is 17.1 Å². The van der Waals surface area contributed by atoms with Crippen molar-refractivity contribution in [3.63, 3.8) is 0 Å². The van der Waals surface area contributed by atoms with E-state index in [9.17, 15) is 9.18 Å². The van der Waals surface area contributed by atoms with Gasteiger partial charge >= 0.3 is 0 Å². The molecule has 0 radical (unpaired) electrons. The summed E-state index contributed by atoms with van der Waals surface area (Å²) in [4.78, 5) is 18.9. The van der Waals surface area contributed by atoms with E-state index in [0.29, 0.717) is 37.3 Å². The Morgan fingerprint density at radius 1 is 1.20 bits per heavy atom. The topological polar surface area (TPSA) is 76.8 Å². The molecule has 0 bridgehead atoms. The Morgan fingerprint density at radius 3 is 2.80 bits per heavy atom. The Morgan fingerprint density at radius 2 is 2.00 bits per heavy atom. The number of likely N-dealkylation sites (N-methyl/N-ethyl adjacent to an activating group) is 1. The van der Waals surface area contributed by atoms with E-state index >= 15 is 0 Å². The molecule has 2 heterocycles. The van der Waals surface area contributed by atoms with Gasteiger partial charge in [-0.15, -0.1) is 0 Å². The lowest BCUT2D eigenvalue weighted by Crippen LogP contribution is -2.38. The summed E-state index contributed by atoms with van der Waals surface area (Å²) in [5.41, 5.74) is 1.72. The fraction of sp³-hybridized carbons (Fsp3) is 0.407. The van der Waals surface area contributed by atoms with Gasteiger partial charge in [0.25, 0.3) is 0 Å². The van der Waals surface area contributed by atoms with Gasteiger partial charge in [-0.2, -0.15) is 0 Å². The molecular weight excluding hydrogens is 449 g/mol. The number of nitrogens with one attached hydrogen (secondary N) is 1. The lowest BCUT2D eigenvalue weighted by Gasteiger charge is -2.31. The van der Waals surface area contributed by atoms with Gasteiger partial charge in [0.2, 0.25) is 5.91 Å². The highest BCUT2D eigenvalue weighted by atomic mass is 19.1. The van der Waals surface area contributed by atoms with Gasteiger partial charge in [-0.05, 0) is 61.9 Å². The van der Waals surface area contributed by atoms with E-state index in [-0.39, 0.29) is 18.1 Å². The maximum atomic E-state index is 13.1. The molecule has 3 aromatic rings. The van der Waals surface area contributed by atoms with E-state index in [4.69, 9.17) is 13.9 Å². The summed E-state index contributed by atoms with van der Waals surface area (Å²) in [5.74, 6) is 1.43. The van der Waals surface area contributed by atoms with Crippen LogP contribution in [0.1, 0.15) is 30.7 Å². The molecule has 0 aliphatic carbocycles. The molecule has 7 nitrogen and oxygen atoms in total. The molecule has 0 saturated carbocycles. The van der Waals surface area contributed by atoms with Crippen molar-refractivity contribution < 1.29 is 23.1 Å². The van der Waals surface area contributed by atoms with Gasteiger partial charge in [0.15, 0.2) is 11.7 Å². The zero-order valence-electron chi connectivity index (χ0n) is 20.0. The summed E-state index contributed by atoms with van der Waals surface area (Å²) in [6.45, 7) is 3.55. The highest BCUT2D eigenvalue weighted by Crippen LogP contribution is 2.21. The van der Waals surface area contributed by atoms with Crippen molar-refractivity contribution in [3.05, 3.63) is 72.0 Å². The number of aryl methyl sites for hydroxylation is 1. The summed E-state index contributed by atoms with van der Waals surface area (Å²) in [5, 5.41) is 2.93. The number of rotatable bonds is 11. The summed E-state index contributed by atoms with van der Waals surface area (Å²) < 4.78 is 30.1. The minimum Gasteiger partial charge on any atom is -0.492 e. The van der Waals surface area contributed by atoms with Gasteiger partial charge in [0.05, 0.1) is 6.20 Å². The number of nitrogens with zero attached hydrogens (tertiary/aromatic N) is 2. The van der Waals surface area contributed by atoms with Crippen LogP contribution in [0.4, 0.5) is 4.39 Å². The predicted molar refractivity (Wildman–Crippen MR) is 130 cm³/mol. The first-order chi connectivity index (χ1) is 17.1. The first-order valence-corrected chi connectivity index (χ1v) is 12.0. The van der Waals surface area contributed by atoms with E-state index in [1.807, 2.05) is 24.3 Å². The van der Waals surface area contributed by atoms with Crippen molar-refractivity contribution >= 4 is 5.91 Å². The minimum atomic E-state index is -0.305. The van der Waals surface area contributed by atoms with Crippen molar-refractivity contribution in [2.75, 3.05) is 33.4 Å². The van der Waals surface area contributed by atoms with Crippen molar-refractivity contribution in [1.82, 2.24) is 15.2 Å². The van der Waals surface area contributed by atoms with Crippen LogP contribution >= 0.6 is 0 Å². The number of carbonyl (C=O) groups excluding carboxylic acids is 1. The largest absolute Gasteiger partial charge is 0.492 e. The summed E-state index contributed by atoms with van der Waals surface area (Å²) in [6, 6.07) is 14.3. The highest BCUT2D eigenvalue weighted by Gasteiger charge is 2.18. The number of oxazole rings is 1. The third kappa shape index (κ3) is 7.63. The smallest absolute Gasteiger partial charge is 0.220 e. The molecule has 1 aromatic heterocycles. The van der Waals surface area contributed by atoms with E-state index in [1.54, 1.807) is 18.3 Å². The fourth-order valence-electron chi connectivity index (χ4n) is 4.04. The molecule has 1 fully saturated rings. The van der Waals surface area contributed by atoms with Gasteiger partial charge in [-0.3, -0.25) is 9.69 Å².